The molecule has 0 aromatic heterocycles. The normalized spacial score (nSPS) is 18.5. The quantitative estimate of drug-likeness (QED) is 0.624. The topological polar surface area (TPSA) is 47.9 Å². The van der Waals surface area contributed by atoms with Crippen molar-refractivity contribution in [2.75, 3.05) is 7.11 Å². The van der Waals surface area contributed by atoms with E-state index < -0.39 is 12.0 Å². The fraction of sp³-hybridized carbons (Fsp3) is 0.130. The lowest BCUT2D eigenvalue weighted by atomic mass is 9.83. The molecule has 1 aliphatic rings. The largest absolute Gasteiger partial charge is 0.497 e. The van der Waals surface area contributed by atoms with E-state index >= 15 is 0 Å². The fourth-order valence-corrected chi connectivity index (χ4v) is 3.31. The Labute approximate surface area is 158 Å². The minimum absolute atomic E-state index is 0.00322. The van der Waals surface area contributed by atoms with Gasteiger partial charge >= 0.3 is 0 Å². The highest BCUT2D eigenvalue weighted by atomic mass is 16.6. The van der Waals surface area contributed by atoms with Gasteiger partial charge in [0.2, 0.25) is 0 Å². The molecule has 27 heavy (non-hydrogen) atoms. The highest BCUT2D eigenvalue weighted by Crippen LogP contribution is 2.37. The van der Waals surface area contributed by atoms with E-state index in [9.17, 15) is 4.79 Å². The lowest BCUT2D eigenvalue weighted by Gasteiger charge is -2.19. The summed E-state index contributed by atoms with van der Waals surface area (Å²) in [5.41, 5.74) is 3.09. The number of benzene rings is 3. The number of ketones is 1. The van der Waals surface area contributed by atoms with E-state index in [0.717, 1.165) is 16.9 Å². The zero-order valence-corrected chi connectivity index (χ0v) is 14.9. The third-order valence-corrected chi connectivity index (χ3v) is 4.72. The van der Waals surface area contributed by atoms with Crippen LogP contribution in [0.5, 0.6) is 5.75 Å². The van der Waals surface area contributed by atoms with Gasteiger partial charge in [0.15, 0.2) is 11.9 Å². The van der Waals surface area contributed by atoms with Crippen LogP contribution < -0.4 is 4.74 Å². The first-order valence-electron chi connectivity index (χ1n) is 8.80. The summed E-state index contributed by atoms with van der Waals surface area (Å²) in [6, 6.07) is 26.5. The summed E-state index contributed by atoms with van der Waals surface area (Å²) < 4.78 is 5.23. The van der Waals surface area contributed by atoms with Crippen LogP contribution in [0.1, 0.15) is 27.6 Å². The maximum Gasteiger partial charge on any atom is 0.176 e. The molecule has 0 unspecified atom stereocenters. The number of ether oxygens (including phenoxy) is 1. The first-order valence-corrected chi connectivity index (χ1v) is 8.80. The molecule has 4 nitrogen and oxygen atoms in total. The molecule has 3 aromatic rings. The molecule has 0 saturated heterocycles. The predicted molar refractivity (Wildman–Crippen MR) is 104 cm³/mol. The Morgan fingerprint density at radius 1 is 0.889 bits per heavy atom. The van der Waals surface area contributed by atoms with E-state index in [4.69, 9.17) is 9.57 Å². The summed E-state index contributed by atoms with van der Waals surface area (Å²) in [5.74, 6) is 0.242. The van der Waals surface area contributed by atoms with Crippen LogP contribution in [0.4, 0.5) is 0 Å². The van der Waals surface area contributed by atoms with Crippen LogP contribution in [0.2, 0.25) is 0 Å². The molecule has 0 fully saturated rings. The van der Waals surface area contributed by atoms with Crippen LogP contribution in [0.25, 0.3) is 0 Å². The van der Waals surface area contributed by atoms with Gasteiger partial charge < -0.3 is 9.57 Å². The van der Waals surface area contributed by atoms with Crippen LogP contribution in [0.15, 0.2) is 90.1 Å². The van der Waals surface area contributed by atoms with Crippen molar-refractivity contribution in [3.8, 4) is 5.75 Å². The van der Waals surface area contributed by atoms with E-state index in [0.29, 0.717) is 11.3 Å². The number of carbonyl (C=O) groups excluding carboxylic acids is 1. The standard InChI is InChI=1S/C23H19NO3/c1-26-19-14-12-18(13-15-19)23-20(22(25)17-10-6-3-7-11-17)21(24-27-23)16-8-4-2-5-9-16/h2-15,20,23H,1H3/t20-,23+/m0/s1. The van der Waals surface area contributed by atoms with Crippen molar-refractivity contribution in [1.82, 2.24) is 0 Å². The van der Waals surface area contributed by atoms with Gasteiger partial charge in [0.25, 0.3) is 0 Å². The average Bonchev–Trinajstić information content (AvgIpc) is 3.19. The van der Waals surface area contributed by atoms with E-state index in [2.05, 4.69) is 5.16 Å². The number of rotatable bonds is 5. The minimum atomic E-state index is -0.511. The van der Waals surface area contributed by atoms with Gasteiger partial charge in [0, 0.05) is 11.1 Å². The Kier molecular flexibility index (Phi) is 4.71. The van der Waals surface area contributed by atoms with Crippen molar-refractivity contribution >= 4 is 11.5 Å². The zero-order chi connectivity index (χ0) is 18.6. The first kappa shape index (κ1) is 17.0. The SMILES string of the molecule is COc1ccc([C@H]2ON=C(c3ccccc3)[C@H]2C(=O)c2ccccc2)cc1. The third kappa shape index (κ3) is 3.34. The molecular formula is C23H19NO3. The number of carbonyl (C=O) groups is 1. The van der Waals surface area contributed by atoms with Gasteiger partial charge in [-0.3, -0.25) is 4.79 Å². The van der Waals surface area contributed by atoms with Gasteiger partial charge in [0.05, 0.1) is 7.11 Å². The maximum absolute atomic E-state index is 13.4. The van der Waals surface area contributed by atoms with Crippen LogP contribution in [0.3, 0.4) is 0 Å². The van der Waals surface area contributed by atoms with Crippen molar-refractivity contribution in [2.45, 2.75) is 6.10 Å². The summed E-state index contributed by atoms with van der Waals surface area (Å²) in [6.45, 7) is 0. The van der Waals surface area contributed by atoms with Crippen molar-refractivity contribution in [2.24, 2.45) is 11.1 Å². The fourth-order valence-electron chi connectivity index (χ4n) is 3.31. The maximum atomic E-state index is 13.4. The second-order valence-electron chi connectivity index (χ2n) is 6.35. The number of hydrogen-bond donors (Lipinski definition) is 0. The first-order chi connectivity index (χ1) is 13.3. The number of nitrogens with zero attached hydrogens (tertiary/aromatic N) is 1. The molecule has 0 radical (unpaired) electrons. The molecule has 0 amide bonds. The van der Waals surface area contributed by atoms with E-state index in [-0.39, 0.29) is 5.78 Å². The summed E-state index contributed by atoms with van der Waals surface area (Å²) in [4.78, 5) is 19.1. The summed E-state index contributed by atoms with van der Waals surface area (Å²) >= 11 is 0. The van der Waals surface area contributed by atoms with Crippen molar-refractivity contribution in [3.63, 3.8) is 0 Å². The molecule has 4 rings (SSSR count). The van der Waals surface area contributed by atoms with E-state index in [1.165, 1.54) is 0 Å². The van der Waals surface area contributed by atoms with Crippen LogP contribution >= 0.6 is 0 Å². The van der Waals surface area contributed by atoms with Crippen LogP contribution in [0, 0.1) is 5.92 Å². The predicted octanol–water partition coefficient (Wildman–Crippen LogP) is 4.67. The Morgan fingerprint density at radius 3 is 2.15 bits per heavy atom. The molecule has 0 spiro atoms. The van der Waals surface area contributed by atoms with Crippen molar-refractivity contribution < 1.29 is 14.4 Å². The van der Waals surface area contributed by atoms with Gasteiger partial charge in [0.1, 0.15) is 17.4 Å². The van der Waals surface area contributed by atoms with Crippen molar-refractivity contribution in [1.29, 1.82) is 0 Å². The van der Waals surface area contributed by atoms with Gasteiger partial charge in [-0.1, -0.05) is 78.0 Å². The number of oxime groups is 1. The monoisotopic (exact) mass is 357 g/mol. The summed E-state index contributed by atoms with van der Waals surface area (Å²) in [6.07, 6.45) is -0.473. The smallest absolute Gasteiger partial charge is 0.176 e. The molecule has 0 aliphatic carbocycles. The lowest BCUT2D eigenvalue weighted by Crippen LogP contribution is -2.27. The molecule has 4 heteroatoms. The molecule has 0 N–H and O–H groups in total. The second kappa shape index (κ2) is 7.46. The molecule has 0 bridgehead atoms. The average molecular weight is 357 g/mol. The lowest BCUT2D eigenvalue weighted by molar-refractivity contribution is 0.0533. The third-order valence-electron chi connectivity index (χ3n) is 4.72. The van der Waals surface area contributed by atoms with Gasteiger partial charge in [-0.2, -0.15) is 0 Å². The van der Waals surface area contributed by atoms with E-state index in [1.807, 2.05) is 84.9 Å². The van der Waals surface area contributed by atoms with Gasteiger partial charge in [-0.05, 0) is 17.7 Å². The van der Waals surface area contributed by atoms with Crippen molar-refractivity contribution in [3.05, 3.63) is 102 Å². The Hall–Kier alpha value is -3.40. The number of Topliss-reactive ketones (excluding diaryl/α,β-unsaturated/α-hetero) is 1. The van der Waals surface area contributed by atoms with E-state index in [1.54, 1.807) is 7.11 Å². The number of hydrogen-bond acceptors (Lipinski definition) is 4. The Bertz CT molecular complexity index is 950. The second-order valence-corrected chi connectivity index (χ2v) is 6.35. The van der Waals surface area contributed by atoms with Crippen LogP contribution in [-0.2, 0) is 4.84 Å². The highest BCUT2D eigenvalue weighted by Gasteiger charge is 2.41. The summed E-state index contributed by atoms with van der Waals surface area (Å²) in [5, 5.41) is 4.30. The van der Waals surface area contributed by atoms with Crippen LogP contribution in [-0.4, -0.2) is 18.6 Å². The molecule has 1 aliphatic heterocycles. The molecule has 2 atom stereocenters. The minimum Gasteiger partial charge on any atom is -0.497 e. The molecule has 3 aromatic carbocycles. The molecule has 0 saturated carbocycles. The Morgan fingerprint density at radius 2 is 1.52 bits per heavy atom. The summed E-state index contributed by atoms with van der Waals surface area (Å²) in [7, 11) is 1.62. The molecular weight excluding hydrogens is 338 g/mol. The Balaban J connectivity index is 1.74. The van der Waals surface area contributed by atoms with Gasteiger partial charge in [-0.25, -0.2) is 0 Å². The van der Waals surface area contributed by atoms with Gasteiger partial charge in [-0.15, -0.1) is 0 Å². The molecule has 1 heterocycles. The molecule has 134 valence electrons. The number of methoxy groups -OCH3 is 1. The highest BCUT2D eigenvalue weighted by molar-refractivity contribution is 6.19. The zero-order valence-electron chi connectivity index (χ0n) is 14.9.